The molecule has 0 aromatic heterocycles. The van der Waals surface area contributed by atoms with Gasteiger partial charge in [0.2, 0.25) is 0 Å². The number of anilines is 1. The van der Waals surface area contributed by atoms with E-state index in [0.29, 0.717) is 16.8 Å². The highest BCUT2D eigenvalue weighted by molar-refractivity contribution is 7.80. The molecule has 0 spiro atoms. The fourth-order valence-corrected chi connectivity index (χ4v) is 2.55. The summed E-state index contributed by atoms with van der Waals surface area (Å²) in [6, 6.07) is 14.3. The SMILES string of the molecule is CNC(=O)c1cccc(NC(=S)NC(=O)c2ccc(C(C)(C)C)cc2)c1. The first-order valence-corrected chi connectivity index (χ1v) is 8.66. The lowest BCUT2D eigenvalue weighted by Gasteiger charge is -2.19. The van der Waals surface area contributed by atoms with Crippen molar-refractivity contribution in [2.45, 2.75) is 26.2 Å². The lowest BCUT2D eigenvalue weighted by atomic mass is 9.87. The molecule has 2 amide bonds. The van der Waals surface area contributed by atoms with Crippen LogP contribution in [0.5, 0.6) is 0 Å². The van der Waals surface area contributed by atoms with E-state index in [1.165, 1.54) is 0 Å². The van der Waals surface area contributed by atoms with E-state index in [-0.39, 0.29) is 22.3 Å². The number of thiocarbonyl (C=S) groups is 1. The molecule has 2 aromatic rings. The van der Waals surface area contributed by atoms with E-state index < -0.39 is 0 Å². The van der Waals surface area contributed by atoms with Crippen LogP contribution in [0.2, 0.25) is 0 Å². The van der Waals surface area contributed by atoms with Crippen LogP contribution in [-0.2, 0) is 5.41 Å². The Hall–Kier alpha value is -2.73. The first kappa shape index (κ1) is 19.6. The molecule has 0 aliphatic carbocycles. The summed E-state index contributed by atoms with van der Waals surface area (Å²) in [6.07, 6.45) is 0. The molecule has 2 rings (SSSR count). The van der Waals surface area contributed by atoms with Gasteiger partial charge in [0, 0.05) is 23.9 Å². The molecule has 2 aromatic carbocycles. The second kappa shape index (κ2) is 8.10. The van der Waals surface area contributed by atoms with Crippen LogP contribution in [0.25, 0.3) is 0 Å². The zero-order chi connectivity index (χ0) is 19.3. The Labute approximate surface area is 159 Å². The highest BCUT2D eigenvalue weighted by Crippen LogP contribution is 2.22. The van der Waals surface area contributed by atoms with Crippen molar-refractivity contribution in [3.05, 3.63) is 65.2 Å². The normalized spacial score (nSPS) is 10.8. The van der Waals surface area contributed by atoms with Crippen LogP contribution < -0.4 is 16.0 Å². The smallest absolute Gasteiger partial charge is 0.257 e. The predicted molar refractivity (Wildman–Crippen MR) is 109 cm³/mol. The van der Waals surface area contributed by atoms with Crippen LogP contribution in [-0.4, -0.2) is 24.0 Å². The van der Waals surface area contributed by atoms with Gasteiger partial charge in [-0.1, -0.05) is 39.0 Å². The molecule has 3 N–H and O–H groups in total. The van der Waals surface area contributed by atoms with Crippen molar-refractivity contribution in [2.75, 3.05) is 12.4 Å². The van der Waals surface area contributed by atoms with Crippen molar-refractivity contribution in [3.8, 4) is 0 Å². The van der Waals surface area contributed by atoms with E-state index in [9.17, 15) is 9.59 Å². The standard InChI is InChI=1S/C20H23N3O2S/c1-20(2,3)15-10-8-13(9-11-15)18(25)23-19(26)22-16-7-5-6-14(12-16)17(24)21-4/h5-12H,1-4H3,(H,21,24)(H2,22,23,25,26). The van der Waals surface area contributed by atoms with Crippen molar-refractivity contribution >= 4 is 34.8 Å². The van der Waals surface area contributed by atoms with Crippen LogP contribution in [0.15, 0.2) is 48.5 Å². The Morgan fingerprint density at radius 1 is 0.923 bits per heavy atom. The summed E-state index contributed by atoms with van der Waals surface area (Å²) in [4.78, 5) is 24.0. The van der Waals surface area contributed by atoms with Gasteiger partial charge in [0.15, 0.2) is 5.11 Å². The first-order chi connectivity index (χ1) is 12.2. The maximum absolute atomic E-state index is 12.3. The number of nitrogens with one attached hydrogen (secondary N) is 3. The Balaban J connectivity index is 2.01. The molecule has 0 aliphatic rings. The molecule has 5 nitrogen and oxygen atoms in total. The van der Waals surface area contributed by atoms with Crippen molar-refractivity contribution in [3.63, 3.8) is 0 Å². The largest absolute Gasteiger partial charge is 0.355 e. The highest BCUT2D eigenvalue weighted by atomic mass is 32.1. The number of benzene rings is 2. The van der Waals surface area contributed by atoms with Crippen LogP contribution >= 0.6 is 12.2 Å². The highest BCUT2D eigenvalue weighted by Gasteiger charge is 2.15. The average Bonchev–Trinajstić information content (AvgIpc) is 2.60. The van der Waals surface area contributed by atoms with Gasteiger partial charge in [0.05, 0.1) is 0 Å². The second-order valence-corrected chi connectivity index (χ2v) is 7.30. The predicted octanol–water partition coefficient (Wildman–Crippen LogP) is 3.47. The van der Waals surface area contributed by atoms with E-state index in [1.807, 2.05) is 12.1 Å². The van der Waals surface area contributed by atoms with Gasteiger partial charge in [0.1, 0.15) is 0 Å². The monoisotopic (exact) mass is 369 g/mol. The Kier molecular flexibility index (Phi) is 6.10. The molecule has 0 radical (unpaired) electrons. The maximum Gasteiger partial charge on any atom is 0.257 e. The Bertz CT molecular complexity index is 824. The zero-order valence-electron chi connectivity index (χ0n) is 15.3. The summed E-state index contributed by atoms with van der Waals surface area (Å²) in [5, 5.41) is 8.30. The number of rotatable bonds is 3. The number of hydrogen-bond acceptors (Lipinski definition) is 3. The topological polar surface area (TPSA) is 70.2 Å². The fraction of sp³-hybridized carbons (Fsp3) is 0.250. The molecule has 0 aliphatic heterocycles. The van der Waals surface area contributed by atoms with Gasteiger partial charge in [-0.05, 0) is 53.5 Å². The molecular formula is C20H23N3O2S. The van der Waals surface area contributed by atoms with Crippen molar-refractivity contribution < 1.29 is 9.59 Å². The molecular weight excluding hydrogens is 346 g/mol. The third-order valence-corrected chi connectivity index (χ3v) is 4.05. The van der Waals surface area contributed by atoms with Gasteiger partial charge in [-0.25, -0.2) is 0 Å². The van der Waals surface area contributed by atoms with E-state index in [2.05, 4.69) is 36.7 Å². The number of carbonyl (C=O) groups excluding carboxylic acids is 2. The van der Waals surface area contributed by atoms with E-state index in [4.69, 9.17) is 12.2 Å². The molecule has 0 bridgehead atoms. The lowest BCUT2D eigenvalue weighted by Crippen LogP contribution is -2.34. The average molecular weight is 369 g/mol. The molecule has 0 saturated carbocycles. The summed E-state index contributed by atoms with van der Waals surface area (Å²) in [7, 11) is 1.57. The van der Waals surface area contributed by atoms with E-state index in [1.54, 1.807) is 43.4 Å². The Morgan fingerprint density at radius 3 is 2.15 bits per heavy atom. The molecule has 0 heterocycles. The number of hydrogen-bond donors (Lipinski definition) is 3. The molecule has 0 saturated heterocycles. The summed E-state index contributed by atoms with van der Waals surface area (Å²) < 4.78 is 0. The van der Waals surface area contributed by atoms with Gasteiger partial charge in [-0.2, -0.15) is 0 Å². The van der Waals surface area contributed by atoms with Crippen molar-refractivity contribution in [1.82, 2.24) is 10.6 Å². The van der Waals surface area contributed by atoms with Crippen LogP contribution in [0, 0.1) is 0 Å². The zero-order valence-corrected chi connectivity index (χ0v) is 16.2. The third kappa shape index (κ3) is 5.13. The molecule has 0 atom stereocenters. The minimum Gasteiger partial charge on any atom is -0.355 e. The minimum absolute atomic E-state index is 0.0294. The van der Waals surface area contributed by atoms with Gasteiger partial charge < -0.3 is 10.6 Å². The summed E-state index contributed by atoms with van der Waals surface area (Å²) in [5.41, 5.74) is 2.84. The first-order valence-electron chi connectivity index (χ1n) is 8.26. The van der Waals surface area contributed by atoms with Gasteiger partial charge in [-0.3, -0.25) is 14.9 Å². The molecule has 136 valence electrons. The number of carbonyl (C=O) groups is 2. The quantitative estimate of drug-likeness (QED) is 0.725. The molecule has 0 fully saturated rings. The number of amides is 2. The van der Waals surface area contributed by atoms with Gasteiger partial charge in [0.25, 0.3) is 11.8 Å². The molecule has 6 heteroatoms. The second-order valence-electron chi connectivity index (χ2n) is 6.90. The Morgan fingerprint density at radius 2 is 1.58 bits per heavy atom. The summed E-state index contributed by atoms with van der Waals surface area (Å²) in [5.74, 6) is -0.479. The fourth-order valence-electron chi connectivity index (χ4n) is 2.34. The van der Waals surface area contributed by atoms with Crippen LogP contribution in [0.1, 0.15) is 47.1 Å². The summed E-state index contributed by atoms with van der Waals surface area (Å²) in [6.45, 7) is 6.36. The molecule has 0 unspecified atom stereocenters. The van der Waals surface area contributed by atoms with E-state index >= 15 is 0 Å². The summed E-state index contributed by atoms with van der Waals surface area (Å²) >= 11 is 5.19. The molecule has 26 heavy (non-hydrogen) atoms. The van der Waals surface area contributed by atoms with Gasteiger partial charge in [-0.15, -0.1) is 0 Å². The van der Waals surface area contributed by atoms with Crippen molar-refractivity contribution in [1.29, 1.82) is 0 Å². The van der Waals surface area contributed by atoms with Crippen molar-refractivity contribution in [2.24, 2.45) is 0 Å². The third-order valence-electron chi connectivity index (χ3n) is 3.85. The van der Waals surface area contributed by atoms with Gasteiger partial charge >= 0.3 is 0 Å². The van der Waals surface area contributed by atoms with E-state index in [0.717, 1.165) is 5.56 Å². The maximum atomic E-state index is 12.3. The minimum atomic E-state index is -0.287. The lowest BCUT2D eigenvalue weighted by molar-refractivity contribution is 0.0959. The van der Waals surface area contributed by atoms with Crippen LogP contribution in [0.3, 0.4) is 0 Å². The van der Waals surface area contributed by atoms with Crippen LogP contribution in [0.4, 0.5) is 5.69 Å².